The number of nitrogens with two attached hydrogens (primary N) is 1. The van der Waals surface area contributed by atoms with E-state index in [0.717, 1.165) is 30.4 Å². The average molecular weight is 214 g/mol. The molecule has 2 rings (SSSR count). The topological polar surface area (TPSA) is 26.0 Å². The van der Waals surface area contributed by atoms with Crippen LogP contribution in [0.1, 0.15) is 30.4 Å². The highest BCUT2D eigenvalue weighted by atomic mass is 35.5. The summed E-state index contributed by atoms with van der Waals surface area (Å²) in [7, 11) is 0. The van der Waals surface area contributed by atoms with E-state index >= 15 is 0 Å². The summed E-state index contributed by atoms with van der Waals surface area (Å²) in [6.07, 6.45) is 3.08. The smallest absolute Gasteiger partial charge is 0.142 e. The van der Waals surface area contributed by atoms with Gasteiger partial charge in [0, 0.05) is 5.54 Å². The van der Waals surface area contributed by atoms with Crippen LogP contribution >= 0.6 is 11.6 Å². The third kappa shape index (κ3) is 1.43. The molecule has 1 nitrogen and oxygen atoms in total. The quantitative estimate of drug-likeness (QED) is 0.762. The fourth-order valence-corrected chi connectivity index (χ4v) is 2.17. The highest BCUT2D eigenvalue weighted by molar-refractivity contribution is 6.30. The Morgan fingerprint density at radius 1 is 1.43 bits per heavy atom. The van der Waals surface area contributed by atoms with Gasteiger partial charge in [-0.3, -0.25) is 0 Å². The Kier molecular flexibility index (Phi) is 2.28. The van der Waals surface area contributed by atoms with E-state index in [4.69, 9.17) is 17.3 Å². The zero-order chi connectivity index (χ0) is 10.3. The number of benzene rings is 1. The van der Waals surface area contributed by atoms with Crippen LogP contribution in [0.15, 0.2) is 12.1 Å². The Hall–Kier alpha value is -0.600. The molecule has 0 atom stereocenters. The molecule has 1 saturated carbocycles. The molecule has 14 heavy (non-hydrogen) atoms. The second kappa shape index (κ2) is 3.21. The minimum atomic E-state index is -0.365. The van der Waals surface area contributed by atoms with E-state index < -0.39 is 0 Å². The van der Waals surface area contributed by atoms with Crippen LogP contribution in [0.3, 0.4) is 0 Å². The second-order valence-corrected chi connectivity index (χ2v) is 4.50. The Morgan fingerprint density at radius 3 is 2.57 bits per heavy atom. The summed E-state index contributed by atoms with van der Waals surface area (Å²) in [5.74, 6) is -0.365. The van der Waals surface area contributed by atoms with Gasteiger partial charge in [0.25, 0.3) is 0 Å². The van der Waals surface area contributed by atoms with Gasteiger partial charge in [0.15, 0.2) is 0 Å². The maximum absolute atomic E-state index is 13.1. The molecule has 0 amide bonds. The molecule has 2 N–H and O–H groups in total. The molecule has 1 aromatic rings. The van der Waals surface area contributed by atoms with Crippen LogP contribution in [-0.4, -0.2) is 0 Å². The standard InChI is InChI=1S/C11H13ClFN/c1-7-5-10(13)9(12)6-8(7)11(14)3-2-4-11/h5-6H,2-4,14H2,1H3. The summed E-state index contributed by atoms with van der Waals surface area (Å²) in [5, 5.41) is 0.169. The summed E-state index contributed by atoms with van der Waals surface area (Å²) >= 11 is 5.74. The van der Waals surface area contributed by atoms with E-state index in [9.17, 15) is 4.39 Å². The van der Waals surface area contributed by atoms with E-state index in [1.807, 2.05) is 6.92 Å². The lowest BCUT2D eigenvalue weighted by Gasteiger charge is -2.39. The van der Waals surface area contributed by atoms with Crippen molar-refractivity contribution in [2.24, 2.45) is 5.73 Å². The Balaban J connectivity index is 2.48. The van der Waals surface area contributed by atoms with Crippen LogP contribution in [-0.2, 0) is 5.54 Å². The van der Waals surface area contributed by atoms with Gasteiger partial charge >= 0.3 is 0 Å². The van der Waals surface area contributed by atoms with Crippen LogP contribution in [0.25, 0.3) is 0 Å². The zero-order valence-electron chi connectivity index (χ0n) is 8.11. The lowest BCUT2D eigenvalue weighted by molar-refractivity contribution is 0.252. The van der Waals surface area contributed by atoms with Crippen molar-refractivity contribution in [1.29, 1.82) is 0 Å². The summed E-state index contributed by atoms with van der Waals surface area (Å²) < 4.78 is 13.1. The molecule has 0 bridgehead atoms. The molecular formula is C11H13ClFN. The van der Waals surface area contributed by atoms with Gasteiger partial charge in [-0.2, -0.15) is 0 Å². The molecule has 0 radical (unpaired) electrons. The molecule has 1 fully saturated rings. The lowest BCUT2D eigenvalue weighted by Crippen LogP contribution is -2.43. The molecule has 1 aliphatic rings. The molecule has 0 saturated heterocycles. The molecule has 76 valence electrons. The minimum Gasteiger partial charge on any atom is -0.321 e. The molecule has 1 aliphatic carbocycles. The molecule has 0 unspecified atom stereocenters. The summed E-state index contributed by atoms with van der Waals surface area (Å²) in [4.78, 5) is 0. The maximum atomic E-state index is 13.1. The number of aryl methyl sites for hydroxylation is 1. The van der Waals surface area contributed by atoms with E-state index in [-0.39, 0.29) is 16.4 Å². The van der Waals surface area contributed by atoms with Gasteiger partial charge in [0.05, 0.1) is 5.02 Å². The predicted molar refractivity (Wildman–Crippen MR) is 55.9 cm³/mol. The third-order valence-electron chi connectivity index (χ3n) is 3.05. The molecule has 0 aromatic heterocycles. The molecule has 1 aromatic carbocycles. The fraction of sp³-hybridized carbons (Fsp3) is 0.455. The van der Waals surface area contributed by atoms with Crippen molar-refractivity contribution in [3.05, 3.63) is 34.1 Å². The molecule has 0 heterocycles. The van der Waals surface area contributed by atoms with Crippen molar-refractivity contribution in [1.82, 2.24) is 0 Å². The van der Waals surface area contributed by atoms with Crippen LogP contribution in [0, 0.1) is 12.7 Å². The predicted octanol–water partition coefficient (Wildman–Crippen LogP) is 3.13. The minimum absolute atomic E-state index is 0.169. The zero-order valence-corrected chi connectivity index (χ0v) is 8.87. The molecule has 0 spiro atoms. The van der Waals surface area contributed by atoms with E-state index in [1.165, 1.54) is 6.07 Å². The maximum Gasteiger partial charge on any atom is 0.142 e. The van der Waals surface area contributed by atoms with E-state index in [0.29, 0.717) is 0 Å². The van der Waals surface area contributed by atoms with Gasteiger partial charge in [0.2, 0.25) is 0 Å². The highest BCUT2D eigenvalue weighted by Crippen LogP contribution is 2.41. The lowest BCUT2D eigenvalue weighted by atomic mass is 9.71. The van der Waals surface area contributed by atoms with Crippen molar-refractivity contribution in [3.8, 4) is 0 Å². The Labute approximate surface area is 88.1 Å². The first-order valence-corrected chi connectivity index (χ1v) is 5.16. The number of halogens is 2. The molecular weight excluding hydrogens is 201 g/mol. The number of rotatable bonds is 1. The highest BCUT2D eigenvalue weighted by Gasteiger charge is 2.35. The number of hydrogen-bond donors (Lipinski definition) is 1. The average Bonchev–Trinajstić information content (AvgIpc) is 2.07. The SMILES string of the molecule is Cc1cc(F)c(Cl)cc1C1(N)CCC1. The van der Waals surface area contributed by atoms with Gasteiger partial charge in [-0.1, -0.05) is 11.6 Å². The van der Waals surface area contributed by atoms with Gasteiger partial charge in [-0.25, -0.2) is 4.39 Å². The Bertz CT molecular complexity index is 372. The first-order valence-electron chi connectivity index (χ1n) is 4.78. The molecule has 3 heteroatoms. The van der Waals surface area contributed by atoms with Gasteiger partial charge in [-0.05, 0) is 49.4 Å². The first kappa shape index (κ1) is 9.94. The summed E-state index contributed by atoms with van der Waals surface area (Å²) in [6, 6.07) is 3.13. The van der Waals surface area contributed by atoms with Crippen LogP contribution < -0.4 is 5.73 Å². The van der Waals surface area contributed by atoms with Crippen LogP contribution in [0.4, 0.5) is 4.39 Å². The second-order valence-electron chi connectivity index (χ2n) is 4.09. The van der Waals surface area contributed by atoms with Gasteiger partial charge in [0.1, 0.15) is 5.82 Å². The fourth-order valence-electron chi connectivity index (χ4n) is 2.01. The first-order chi connectivity index (χ1) is 6.53. The van der Waals surface area contributed by atoms with Crippen molar-refractivity contribution in [2.75, 3.05) is 0 Å². The Morgan fingerprint density at radius 2 is 2.07 bits per heavy atom. The van der Waals surface area contributed by atoms with Crippen molar-refractivity contribution in [2.45, 2.75) is 31.7 Å². The summed E-state index contributed by atoms with van der Waals surface area (Å²) in [5.41, 5.74) is 7.79. The summed E-state index contributed by atoms with van der Waals surface area (Å²) in [6.45, 7) is 1.88. The van der Waals surface area contributed by atoms with Crippen LogP contribution in [0.5, 0.6) is 0 Å². The van der Waals surface area contributed by atoms with Gasteiger partial charge in [-0.15, -0.1) is 0 Å². The monoisotopic (exact) mass is 213 g/mol. The largest absolute Gasteiger partial charge is 0.321 e. The normalized spacial score (nSPS) is 19.1. The van der Waals surface area contributed by atoms with E-state index in [1.54, 1.807) is 6.07 Å². The van der Waals surface area contributed by atoms with Crippen molar-refractivity contribution in [3.63, 3.8) is 0 Å². The molecule has 0 aliphatic heterocycles. The van der Waals surface area contributed by atoms with E-state index in [2.05, 4.69) is 0 Å². The van der Waals surface area contributed by atoms with Crippen molar-refractivity contribution < 1.29 is 4.39 Å². The number of hydrogen-bond acceptors (Lipinski definition) is 1. The van der Waals surface area contributed by atoms with Crippen LogP contribution in [0.2, 0.25) is 5.02 Å². The van der Waals surface area contributed by atoms with Crippen molar-refractivity contribution >= 4 is 11.6 Å². The van der Waals surface area contributed by atoms with Gasteiger partial charge < -0.3 is 5.73 Å². The third-order valence-corrected chi connectivity index (χ3v) is 3.34.